The highest BCUT2D eigenvalue weighted by Crippen LogP contribution is 2.33. The number of nitrogens with zero attached hydrogens (tertiary/aromatic N) is 3. The summed E-state index contributed by atoms with van der Waals surface area (Å²) in [6.45, 7) is 2.31. The molecule has 0 bridgehead atoms. The highest BCUT2D eigenvalue weighted by atomic mass is 32.2. The predicted octanol–water partition coefficient (Wildman–Crippen LogP) is -2.62. The van der Waals surface area contributed by atoms with Crippen LogP contribution in [0.4, 0.5) is 13.2 Å². The van der Waals surface area contributed by atoms with E-state index in [9.17, 15) is 38.7 Å². The number of halogens is 3. The van der Waals surface area contributed by atoms with Crippen molar-refractivity contribution >= 4 is 17.5 Å². The standard InChI is InChI=1S/C25H40F3N7O8S/c1-12(37)17(11-36)42-19(10-34(31)8-16(29)13-6-14(26)20(28)15(27)7-13)44-25-23(39)21(22(38)24(40)43-25)35(32)9-18(30)33-2-4-41-5-3-33/h6-9,12,17,19,21-25,36-40H,2-5,10-11,29-32H2,1H3/b16-8-,18-9+. The number of aliphatic hydroxyl groups excluding tert-OH is 5. The summed E-state index contributed by atoms with van der Waals surface area (Å²) in [4.78, 5) is 1.78. The Bertz CT molecular complexity index is 1130. The van der Waals surface area contributed by atoms with Gasteiger partial charge in [-0.1, -0.05) is 11.8 Å². The highest BCUT2D eigenvalue weighted by molar-refractivity contribution is 8.00. The molecule has 3 rings (SSSR count). The van der Waals surface area contributed by atoms with E-state index in [2.05, 4.69) is 0 Å². The Morgan fingerprint density at radius 1 is 1.11 bits per heavy atom. The summed E-state index contributed by atoms with van der Waals surface area (Å²) in [5, 5.41) is 53.9. The second-order valence-corrected chi connectivity index (χ2v) is 11.4. The van der Waals surface area contributed by atoms with Crippen LogP contribution in [-0.2, 0) is 14.2 Å². The molecule has 2 heterocycles. The van der Waals surface area contributed by atoms with Crippen LogP contribution in [0.15, 0.2) is 30.4 Å². The largest absolute Gasteiger partial charge is 0.397 e. The number of nitrogens with two attached hydrogens (primary N) is 4. The smallest absolute Gasteiger partial charge is 0.194 e. The number of benzene rings is 1. The molecule has 250 valence electrons. The zero-order valence-electron chi connectivity index (χ0n) is 23.8. The molecule has 1 aromatic rings. The van der Waals surface area contributed by atoms with E-state index in [4.69, 9.17) is 37.4 Å². The molecule has 13 N–H and O–H groups in total. The molecular formula is C25H40F3N7O8S. The summed E-state index contributed by atoms with van der Waals surface area (Å²) in [5.74, 6) is 7.83. The summed E-state index contributed by atoms with van der Waals surface area (Å²) in [7, 11) is 0. The minimum atomic E-state index is -1.82. The van der Waals surface area contributed by atoms with Gasteiger partial charge in [0.2, 0.25) is 0 Å². The molecule has 0 radical (unpaired) electrons. The van der Waals surface area contributed by atoms with E-state index < -0.39 is 71.7 Å². The van der Waals surface area contributed by atoms with Crippen LogP contribution in [0.2, 0.25) is 0 Å². The lowest BCUT2D eigenvalue weighted by Gasteiger charge is -2.44. The number of hydrazine groups is 2. The topological polar surface area (TPSA) is 243 Å². The molecule has 0 aliphatic carbocycles. The summed E-state index contributed by atoms with van der Waals surface area (Å²) >= 11 is 0.757. The van der Waals surface area contributed by atoms with Gasteiger partial charge in [-0.15, -0.1) is 0 Å². The van der Waals surface area contributed by atoms with Crippen LogP contribution in [0.3, 0.4) is 0 Å². The van der Waals surface area contributed by atoms with E-state index in [0.717, 1.165) is 28.0 Å². The van der Waals surface area contributed by atoms with Gasteiger partial charge in [-0.05, 0) is 19.1 Å². The molecular weight excluding hydrogens is 615 g/mol. The lowest BCUT2D eigenvalue weighted by atomic mass is 10.0. The maximum absolute atomic E-state index is 13.7. The molecule has 2 aliphatic rings. The van der Waals surface area contributed by atoms with Gasteiger partial charge in [0.25, 0.3) is 0 Å². The lowest BCUT2D eigenvalue weighted by Crippen LogP contribution is -2.64. The molecule has 1 aromatic carbocycles. The van der Waals surface area contributed by atoms with Gasteiger partial charge in [0.05, 0.1) is 44.4 Å². The Morgan fingerprint density at radius 3 is 2.30 bits per heavy atom. The van der Waals surface area contributed by atoms with Crippen LogP contribution in [0.5, 0.6) is 0 Å². The fourth-order valence-electron chi connectivity index (χ4n) is 4.41. The number of hydrogen-bond donors (Lipinski definition) is 9. The molecule has 44 heavy (non-hydrogen) atoms. The van der Waals surface area contributed by atoms with E-state index in [1.165, 1.54) is 13.1 Å². The molecule has 8 atom stereocenters. The normalized spacial score (nSPS) is 27.2. The first-order valence-corrected chi connectivity index (χ1v) is 14.4. The van der Waals surface area contributed by atoms with Crippen molar-refractivity contribution in [3.05, 3.63) is 53.4 Å². The first-order valence-electron chi connectivity index (χ1n) is 13.5. The lowest BCUT2D eigenvalue weighted by molar-refractivity contribution is -0.246. The van der Waals surface area contributed by atoms with Crippen molar-refractivity contribution in [1.82, 2.24) is 14.9 Å². The first kappa shape index (κ1) is 35.9. The zero-order valence-corrected chi connectivity index (χ0v) is 24.6. The maximum atomic E-state index is 13.7. The molecule has 15 nitrogen and oxygen atoms in total. The fourth-order valence-corrected chi connectivity index (χ4v) is 5.67. The second-order valence-electron chi connectivity index (χ2n) is 10.2. The third-order valence-corrected chi connectivity index (χ3v) is 8.08. The minimum Gasteiger partial charge on any atom is -0.397 e. The van der Waals surface area contributed by atoms with Crippen LogP contribution in [-0.4, -0.2) is 128 Å². The van der Waals surface area contributed by atoms with Crippen LogP contribution in [0.1, 0.15) is 12.5 Å². The van der Waals surface area contributed by atoms with Gasteiger partial charge >= 0.3 is 0 Å². The third kappa shape index (κ3) is 9.23. The van der Waals surface area contributed by atoms with Crippen LogP contribution in [0, 0.1) is 17.5 Å². The molecule has 0 spiro atoms. The van der Waals surface area contributed by atoms with Crippen molar-refractivity contribution in [3.8, 4) is 0 Å². The van der Waals surface area contributed by atoms with Crippen molar-refractivity contribution in [1.29, 1.82) is 0 Å². The highest BCUT2D eigenvalue weighted by Gasteiger charge is 2.47. The van der Waals surface area contributed by atoms with E-state index in [1.54, 1.807) is 4.90 Å². The SMILES string of the molecule is CC(O)C(CO)OC(CN(N)/C=C(\N)c1cc(F)c(F)c(F)c1)SC1OC(O)C(O)C(N(N)/C=C(\N)N2CCOCC2)C1O. The molecule has 0 aromatic heterocycles. The summed E-state index contributed by atoms with van der Waals surface area (Å²) in [6, 6.07) is 0.0247. The molecule has 2 aliphatic heterocycles. The van der Waals surface area contributed by atoms with Crippen molar-refractivity contribution in [2.75, 3.05) is 39.5 Å². The summed E-state index contributed by atoms with van der Waals surface area (Å²) in [5.41, 5.74) is 9.12. The third-order valence-electron chi connectivity index (χ3n) is 6.86. The quantitative estimate of drug-likeness (QED) is 0.0457. The maximum Gasteiger partial charge on any atom is 0.194 e. The van der Waals surface area contributed by atoms with Gasteiger partial charge < -0.3 is 66.1 Å². The number of aliphatic hydroxyl groups is 5. The van der Waals surface area contributed by atoms with Crippen molar-refractivity contribution in [2.24, 2.45) is 23.2 Å². The number of rotatable bonds is 13. The molecule has 19 heteroatoms. The van der Waals surface area contributed by atoms with Gasteiger partial charge in [0.1, 0.15) is 41.0 Å². The number of morpholine rings is 1. The van der Waals surface area contributed by atoms with Crippen LogP contribution < -0.4 is 23.2 Å². The fraction of sp³-hybridized carbons (Fsp3) is 0.600. The monoisotopic (exact) mass is 655 g/mol. The molecule has 8 unspecified atom stereocenters. The van der Waals surface area contributed by atoms with Gasteiger partial charge in [-0.3, -0.25) is 0 Å². The van der Waals surface area contributed by atoms with Crippen LogP contribution >= 0.6 is 11.8 Å². The van der Waals surface area contributed by atoms with E-state index in [1.807, 2.05) is 0 Å². The van der Waals surface area contributed by atoms with Gasteiger partial charge in [-0.2, -0.15) is 0 Å². The van der Waals surface area contributed by atoms with Gasteiger partial charge in [0, 0.05) is 24.9 Å². The van der Waals surface area contributed by atoms with E-state index >= 15 is 0 Å². The Balaban J connectivity index is 1.81. The molecule has 2 saturated heterocycles. The Hall–Kier alpha value is -2.56. The van der Waals surface area contributed by atoms with E-state index in [0.29, 0.717) is 38.4 Å². The van der Waals surface area contributed by atoms with Crippen molar-refractivity contribution in [2.45, 2.75) is 54.5 Å². The van der Waals surface area contributed by atoms with Crippen LogP contribution in [0.25, 0.3) is 5.70 Å². The average Bonchev–Trinajstić information content (AvgIpc) is 2.97. The zero-order chi connectivity index (χ0) is 32.7. The predicted molar refractivity (Wildman–Crippen MR) is 152 cm³/mol. The summed E-state index contributed by atoms with van der Waals surface area (Å²) < 4.78 is 57.3. The minimum absolute atomic E-state index is 0.211. The molecule has 0 saturated carbocycles. The average molecular weight is 656 g/mol. The number of thioether (sulfide) groups is 1. The first-order chi connectivity index (χ1) is 20.7. The Kier molecular flexibility index (Phi) is 13.2. The van der Waals surface area contributed by atoms with Crippen molar-refractivity contribution in [3.63, 3.8) is 0 Å². The molecule has 2 fully saturated rings. The van der Waals surface area contributed by atoms with Crippen molar-refractivity contribution < 1.29 is 52.9 Å². The Morgan fingerprint density at radius 2 is 1.73 bits per heavy atom. The summed E-state index contributed by atoms with van der Waals surface area (Å²) in [6.07, 6.45) is -5.00. The second kappa shape index (κ2) is 16.1. The van der Waals surface area contributed by atoms with Gasteiger partial charge in [-0.25, -0.2) is 24.9 Å². The Labute approximate surface area is 255 Å². The number of ether oxygens (including phenoxy) is 3. The van der Waals surface area contributed by atoms with Gasteiger partial charge in [0.15, 0.2) is 23.7 Å². The van der Waals surface area contributed by atoms with E-state index in [-0.39, 0.29) is 23.6 Å². The molecule has 0 amide bonds. The number of hydrogen-bond acceptors (Lipinski definition) is 16.